The Labute approximate surface area is 114 Å². The second kappa shape index (κ2) is 5.06. The van der Waals surface area contributed by atoms with Crippen LogP contribution in [0.15, 0.2) is 27.3 Å². The van der Waals surface area contributed by atoms with Gasteiger partial charge >= 0.3 is 5.97 Å². The molecule has 2 aromatic rings. The highest BCUT2D eigenvalue weighted by atomic mass is 79.9. The van der Waals surface area contributed by atoms with Crippen molar-refractivity contribution in [3.05, 3.63) is 33.9 Å². The molecule has 0 atom stereocenters. The smallest absolute Gasteiger partial charge is 0.337 e. The zero-order chi connectivity index (χ0) is 14.0. The Hall–Kier alpha value is -2.42. The van der Waals surface area contributed by atoms with E-state index in [1.165, 1.54) is 12.1 Å². The Morgan fingerprint density at radius 2 is 2.11 bits per heavy atom. The molecule has 0 aliphatic rings. The van der Waals surface area contributed by atoms with Crippen LogP contribution < -0.4 is 11.1 Å². The molecule has 0 saturated carbocycles. The number of nitrogens with one attached hydrogen (secondary N) is 1. The fourth-order valence-electron chi connectivity index (χ4n) is 1.34. The van der Waals surface area contributed by atoms with Gasteiger partial charge in [0.25, 0.3) is 5.91 Å². The molecule has 9 heteroatoms. The third-order valence-electron chi connectivity index (χ3n) is 2.19. The normalized spacial score (nSPS) is 10.2. The van der Waals surface area contributed by atoms with E-state index in [1.807, 2.05) is 0 Å². The third kappa shape index (κ3) is 2.71. The van der Waals surface area contributed by atoms with Gasteiger partial charge in [0.05, 0.1) is 11.3 Å². The average Bonchev–Trinajstić information content (AvgIpc) is 2.77. The van der Waals surface area contributed by atoms with Crippen molar-refractivity contribution in [2.75, 3.05) is 11.1 Å². The Morgan fingerprint density at radius 3 is 2.68 bits per heavy atom. The number of carboxylic acids is 1. The first kappa shape index (κ1) is 13.0. The molecule has 0 aliphatic heterocycles. The lowest BCUT2D eigenvalue weighted by Gasteiger charge is -2.07. The van der Waals surface area contributed by atoms with E-state index < -0.39 is 11.9 Å². The topological polar surface area (TPSA) is 131 Å². The number of nitrogens with zero attached hydrogens (tertiary/aromatic N) is 2. The fraction of sp³-hybridized carbons (Fsp3) is 0. The van der Waals surface area contributed by atoms with E-state index in [4.69, 9.17) is 10.8 Å². The van der Waals surface area contributed by atoms with Gasteiger partial charge in [-0.2, -0.15) is 0 Å². The quantitative estimate of drug-likeness (QED) is 0.775. The monoisotopic (exact) mass is 326 g/mol. The van der Waals surface area contributed by atoms with Crippen LogP contribution in [0.5, 0.6) is 0 Å². The number of hydrogen-bond acceptors (Lipinski definition) is 6. The summed E-state index contributed by atoms with van der Waals surface area (Å²) in [5.41, 5.74) is 5.20. The number of carbonyl (C=O) groups excluding carboxylic acids is 1. The van der Waals surface area contributed by atoms with Gasteiger partial charge in [-0.05, 0) is 28.5 Å². The molecule has 0 unspecified atom stereocenters. The molecule has 1 aromatic heterocycles. The zero-order valence-corrected chi connectivity index (χ0v) is 10.8. The zero-order valence-electron chi connectivity index (χ0n) is 9.25. The summed E-state index contributed by atoms with van der Waals surface area (Å²) in [7, 11) is 0. The first-order valence-corrected chi connectivity index (χ1v) is 5.70. The summed E-state index contributed by atoms with van der Waals surface area (Å²) in [5.74, 6) is -2.06. The molecule has 0 radical (unpaired) electrons. The van der Waals surface area contributed by atoms with Gasteiger partial charge in [0.1, 0.15) is 0 Å². The van der Waals surface area contributed by atoms with Crippen molar-refractivity contribution in [1.82, 2.24) is 10.3 Å². The van der Waals surface area contributed by atoms with E-state index in [0.29, 0.717) is 4.47 Å². The lowest BCUT2D eigenvalue weighted by molar-refractivity contribution is 0.0698. The molecule has 4 N–H and O–H groups in total. The van der Waals surface area contributed by atoms with E-state index in [9.17, 15) is 9.59 Å². The van der Waals surface area contributed by atoms with Gasteiger partial charge in [0.2, 0.25) is 11.5 Å². The van der Waals surface area contributed by atoms with E-state index in [1.54, 1.807) is 6.07 Å². The van der Waals surface area contributed by atoms with E-state index >= 15 is 0 Å². The number of halogens is 1. The van der Waals surface area contributed by atoms with Gasteiger partial charge in [-0.25, -0.2) is 9.42 Å². The van der Waals surface area contributed by atoms with E-state index in [2.05, 4.69) is 36.2 Å². The van der Waals surface area contributed by atoms with Crippen molar-refractivity contribution in [1.29, 1.82) is 0 Å². The minimum absolute atomic E-state index is 0.0715. The van der Waals surface area contributed by atoms with Gasteiger partial charge in [-0.3, -0.25) is 4.79 Å². The number of hydrogen-bond donors (Lipinski definition) is 3. The van der Waals surface area contributed by atoms with E-state index in [-0.39, 0.29) is 22.8 Å². The van der Waals surface area contributed by atoms with Crippen LogP contribution in [0, 0.1) is 0 Å². The summed E-state index contributed by atoms with van der Waals surface area (Å²) in [6, 6.07) is 4.39. The number of aromatic nitrogens is 2. The SMILES string of the molecule is Nc1nonc1C(=O)Nc1ccc(Br)cc1C(=O)O. The molecule has 0 saturated heterocycles. The predicted molar refractivity (Wildman–Crippen MR) is 67.8 cm³/mol. The number of benzene rings is 1. The van der Waals surface area contributed by atoms with Crippen LogP contribution in [0.3, 0.4) is 0 Å². The van der Waals surface area contributed by atoms with Crippen LogP contribution in [0.25, 0.3) is 0 Å². The van der Waals surface area contributed by atoms with Crippen molar-refractivity contribution in [2.24, 2.45) is 0 Å². The molecule has 2 rings (SSSR count). The molecular weight excluding hydrogens is 320 g/mol. The number of amides is 1. The van der Waals surface area contributed by atoms with Gasteiger partial charge in [-0.15, -0.1) is 0 Å². The Bertz CT molecular complexity index is 655. The third-order valence-corrected chi connectivity index (χ3v) is 2.68. The highest BCUT2D eigenvalue weighted by molar-refractivity contribution is 9.10. The van der Waals surface area contributed by atoms with Crippen LogP contribution in [-0.2, 0) is 0 Å². The van der Waals surface area contributed by atoms with Gasteiger partial charge < -0.3 is 16.2 Å². The number of nitrogens with two attached hydrogens (primary N) is 1. The summed E-state index contributed by atoms with van der Waals surface area (Å²) in [4.78, 5) is 22.9. The van der Waals surface area contributed by atoms with Gasteiger partial charge in [-0.1, -0.05) is 15.9 Å². The van der Waals surface area contributed by atoms with Gasteiger partial charge in [0.15, 0.2) is 0 Å². The van der Waals surface area contributed by atoms with Crippen LogP contribution in [0.4, 0.5) is 11.5 Å². The maximum absolute atomic E-state index is 11.8. The van der Waals surface area contributed by atoms with Crippen LogP contribution in [0.2, 0.25) is 0 Å². The molecule has 8 nitrogen and oxygen atoms in total. The largest absolute Gasteiger partial charge is 0.478 e. The Balaban J connectivity index is 2.32. The second-order valence-corrected chi connectivity index (χ2v) is 4.36. The molecule has 1 amide bonds. The molecule has 1 heterocycles. The van der Waals surface area contributed by atoms with Crippen molar-refractivity contribution in [3.8, 4) is 0 Å². The number of carboxylic acid groups (broad SMARTS) is 1. The molecule has 0 bridgehead atoms. The Morgan fingerprint density at radius 1 is 1.37 bits per heavy atom. The summed E-state index contributed by atoms with van der Waals surface area (Å²) >= 11 is 3.15. The summed E-state index contributed by atoms with van der Waals surface area (Å²) in [6.45, 7) is 0. The maximum atomic E-state index is 11.8. The van der Waals surface area contributed by atoms with Crippen molar-refractivity contribution >= 4 is 39.3 Å². The van der Waals surface area contributed by atoms with E-state index in [0.717, 1.165) is 0 Å². The standard InChI is InChI=1S/C10H7BrN4O4/c11-4-1-2-6(5(3-4)10(17)18)13-9(16)7-8(12)15-19-14-7/h1-3H,(H2,12,15)(H,13,16)(H,17,18). The van der Waals surface area contributed by atoms with Gasteiger partial charge in [0, 0.05) is 4.47 Å². The number of nitrogen functional groups attached to an aromatic ring is 1. The Kier molecular flexibility index (Phi) is 3.47. The molecule has 0 aliphatic carbocycles. The summed E-state index contributed by atoms with van der Waals surface area (Å²) in [5, 5.41) is 18.0. The number of anilines is 2. The van der Waals surface area contributed by atoms with Crippen LogP contribution in [-0.4, -0.2) is 27.3 Å². The lowest BCUT2D eigenvalue weighted by atomic mass is 10.2. The molecule has 0 spiro atoms. The first-order valence-electron chi connectivity index (χ1n) is 4.91. The second-order valence-electron chi connectivity index (χ2n) is 3.45. The summed E-state index contributed by atoms with van der Waals surface area (Å²) < 4.78 is 4.87. The molecule has 0 fully saturated rings. The number of carbonyl (C=O) groups is 2. The average molecular weight is 327 g/mol. The fourth-order valence-corrected chi connectivity index (χ4v) is 1.70. The minimum Gasteiger partial charge on any atom is -0.478 e. The van der Waals surface area contributed by atoms with Crippen molar-refractivity contribution in [3.63, 3.8) is 0 Å². The highest BCUT2D eigenvalue weighted by Gasteiger charge is 2.19. The number of rotatable bonds is 3. The molecule has 98 valence electrons. The predicted octanol–water partition coefficient (Wildman–Crippen LogP) is 1.36. The molecular formula is C10H7BrN4O4. The van der Waals surface area contributed by atoms with Crippen molar-refractivity contribution < 1.29 is 19.3 Å². The van der Waals surface area contributed by atoms with Crippen LogP contribution in [0.1, 0.15) is 20.8 Å². The first-order chi connectivity index (χ1) is 8.99. The molecule has 19 heavy (non-hydrogen) atoms. The van der Waals surface area contributed by atoms with Crippen LogP contribution >= 0.6 is 15.9 Å². The lowest BCUT2D eigenvalue weighted by Crippen LogP contribution is -2.16. The molecule has 1 aromatic carbocycles. The summed E-state index contributed by atoms with van der Waals surface area (Å²) in [6.07, 6.45) is 0. The maximum Gasteiger partial charge on any atom is 0.337 e. The highest BCUT2D eigenvalue weighted by Crippen LogP contribution is 2.22. The number of aromatic carboxylic acids is 1. The minimum atomic E-state index is -1.18. The van der Waals surface area contributed by atoms with Crippen molar-refractivity contribution in [2.45, 2.75) is 0 Å².